The number of nitrogens with zero attached hydrogens (tertiary/aromatic N) is 1. The number of hydrogen-bond donors (Lipinski definition) is 2. The molecule has 2 radical (unpaired) electrons. The van der Waals surface area contributed by atoms with Crippen molar-refractivity contribution in [3.63, 3.8) is 0 Å². The molecule has 1 heterocycles. The Labute approximate surface area is 107 Å². The van der Waals surface area contributed by atoms with Crippen LogP contribution < -0.4 is 10.6 Å². The average Bonchev–Trinajstić information content (AvgIpc) is 2.34. The molecule has 5 heteroatoms. The van der Waals surface area contributed by atoms with Crippen LogP contribution in [0.25, 0.3) is 0 Å². The van der Waals surface area contributed by atoms with Gasteiger partial charge in [-0.25, -0.2) is 0 Å². The smallest absolute Gasteiger partial charge is 0.243 e. The Morgan fingerprint density at radius 2 is 2.17 bits per heavy atom. The molecule has 2 amide bonds. The average molecular weight is 247 g/mol. The van der Waals surface area contributed by atoms with Crippen molar-refractivity contribution in [3.8, 4) is 0 Å². The summed E-state index contributed by atoms with van der Waals surface area (Å²) in [5.41, 5.74) is 0.896. The van der Waals surface area contributed by atoms with E-state index in [-0.39, 0.29) is 11.8 Å². The minimum atomic E-state index is -0.703. The summed E-state index contributed by atoms with van der Waals surface area (Å²) in [7, 11) is 0. The quantitative estimate of drug-likeness (QED) is 0.798. The molecule has 0 saturated heterocycles. The zero-order valence-electron chi connectivity index (χ0n) is 10.5. The predicted molar refractivity (Wildman–Crippen MR) is 67.2 cm³/mol. The van der Waals surface area contributed by atoms with Gasteiger partial charge in [0.15, 0.2) is 0 Å². The predicted octanol–water partition coefficient (Wildman–Crippen LogP) is 0.550. The molecule has 1 aromatic rings. The lowest BCUT2D eigenvalue weighted by atomic mass is 10.0. The second-order valence-electron chi connectivity index (χ2n) is 4.31. The molecule has 96 valence electrons. The first-order valence-electron chi connectivity index (χ1n) is 5.73. The molecule has 5 nitrogen and oxygen atoms in total. The molecule has 0 aromatic carbocycles. The van der Waals surface area contributed by atoms with Crippen LogP contribution in [0.15, 0.2) is 24.5 Å². The lowest BCUT2D eigenvalue weighted by Gasteiger charge is -2.20. The van der Waals surface area contributed by atoms with Gasteiger partial charge in [0.05, 0.1) is 6.92 Å². The summed E-state index contributed by atoms with van der Waals surface area (Å²) in [6, 6.07) is 3.03. The summed E-state index contributed by atoms with van der Waals surface area (Å²) in [5.74, 6) is -0.996. The SMILES string of the molecule is [CH]C(=O)NC(C(=O)NCc1cccnc1)C(C)C. The summed E-state index contributed by atoms with van der Waals surface area (Å²) in [4.78, 5) is 26.7. The van der Waals surface area contributed by atoms with E-state index in [1.165, 1.54) is 0 Å². The molecule has 1 atom stereocenters. The molecule has 1 unspecified atom stereocenters. The maximum atomic E-state index is 11.9. The van der Waals surface area contributed by atoms with E-state index < -0.39 is 11.9 Å². The Morgan fingerprint density at radius 3 is 2.67 bits per heavy atom. The number of carbonyl (C=O) groups is 2. The van der Waals surface area contributed by atoms with Crippen LogP contribution in [0.2, 0.25) is 0 Å². The fourth-order valence-corrected chi connectivity index (χ4v) is 1.49. The normalized spacial score (nSPS) is 12.0. The summed E-state index contributed by atoms with van der Waals surface area (Å²) in [6.07, 6.45) is 3.34. The first-order chi connectivity index (χ1) is 8.50. The van der Waals surface area contributed by atoms with E-state index in [1.54, 1.807) is 18.5 Å². The molecule has 0 saturated carbocycles. The van der Waals surface area contributed by atoms with Crippen molar-refractivity contribution in [3.05, 3.63) is 37.0 Å². The topological polar surface area (TPSA) is 71.1 Å². The van der Waals surface area contributed by atoms with E-state index in [1.807, 2.05) is 19.9 Å². The number of aromatic nitrogens is 1. The Hall–Kier alpha value is -1.91. The van der Waals surface area contributed by atoms with E-state index in [2.05, 4.69) is 15.6 Å². The lowest BCUT2D eigenvalue weighted by Crippen LogP contribution is -2.48. The molecule has 0 fully saturated rings. The standard InChI is InChI=1S/C13H17N3O2/c1-9(2)12(16-10(3)17)13(18)15-8-11-5-4-6-14-7-11/h3-7,9,12H,8H2,1-2H3,(H,15,18)(H,16,17). The first kappa shape index (κ1) is 14.2. The van der Waals surface area contributed by atoms with Crippen molar-refractivity contribution >= 4 is 11.8 Å². The minimum Gasteiger partial charge on any atom is -0.350 e. The van der Waals surface area contributed by atoms with Gasteiger partial charge in [0, 0.05) is 18.9 Å². The van der Waals surface area contributed by atoms with Crippen LogP contribution in [-0.4, -0.2) is 22.8 Å². The molecular formula is C13H17N3O2. The number of rotatable bonds is 5. The van der Waals surface area contributed by atoms with Crippen molar-refractivity contribution in [2.75, 3.05) is 0 Å². The zero-order valence-corrected chi connectivity index (χ0v) is 10.5. The van der Waals surface area contributed by atoms with E-state index in [0.29, 0.717) is 6.54 Å². The molecule has 2 N–H and O–H groups in total. The van der Waals surface area contributed by atoms with Gasteiger partial charge < -0.3 is 10.6 Å². The Balaban J connectivity index is 2.54. The Morgan fingerprint density at radius 1 is 1.44 bits per heavy atom. The molecule has 0 aliphatic carbocycles. The van der Waals surface area contributed by atoms with Gasteiger partial charge in [0.2, 0.25) is 11.8 Å². The third-order valence-corrected chi connectivity index (χ3v) is 2.44. The molecule has 1 aromatic heterocycles. The molecule has 18 heavy (non-hydrogen) atoms. The minimum absolute atomic E-state index is 0.0357. The fourth-order valence-electron chi connectivity index (χ4n) is 1.49. The largest absolute Gasteiger partial charge is 0.350 e. The van der Waals surface area contributed by atoms with E-state index in [4.69, 9.17) is 6.92 Å². The molecule has 0 spiro atoms. The van der Waals surface area contributed by atoms with Crippen molar-refractivity contribution in [2.45, 2.75) is 26.4 Å². The van der Waals surface area contributed by atoms with E-state index >= 15 is 0 Å². The third kappa shape index (κ3) is 4.53. The van der Waals surface area contributed by atoms with Crippen LogP contribution in [0.1, 0.15) is 19.4 Å². The van der Waals surface area contributed by atoms with Crippen molar-refractivity contribution in [1.29, 1.82) is 0 Å². The van der Waals surface area contributed by atoms with Crippen molar-refractivity contribution in [1.82, 2.24) is 15.6 Å². The molecule has 0 bridgehead atoms. The highest BCUT2D eigenvalue weighted by Gasteiger charge is 2.22. The Bertz CT molecular complexity index is 404. The fraction of sp³-hybridized carbons (Fsp3) is 0.385. The second kappa shape index (κ2) is 6.74. The van der Waals surface area contributed by atoms with Crippen LogP contribution >= 0.6 is 0 Å². The van der Waals surface area contributed by atoms with Crippen LogP contribution in [0.3, 0.4) is 0 Å². The highest BCUT2D eigenvalue weighted by molar-refractivity contribution is 5.89. The molecule has 0 aliphatic heterocycles. The highest BCUT2D eigenvalue weighted by atomic mass is 16.2. The maximum absolute atomic E-state index is 11.9. The van der Waals surface area contributed by atoms with Gasteiger partial charge in [-0.15, -0.1) is 0 Å². The highest BCUT2D eigenvalue weighted by Crippen LogP contribution is 2.02. The monoisotopic (exact) mass is 247 g/mol. The van der Waals surface area contributed by atoms with E-state index in [9.17, 15) is 9.59 Å². The zero-order chi connectivity index (χ0) is 13.5. The molecule has 1 rings (SSSR count). The molecule has 0 aliphatic rings. The van der Waals surface area contributed by atoms with Gasteiger partial charge in [-0.1, -0.05) is 19.9 Å². The number of nitrogens with one attached hydrogen (secondary N) is 2. The molecular weight excluding hydrogens is 230 g/mol. The van der Waals surface area contributed by atoms with E-state index in [0.717, 1.165) is 5.56 Å². The lowest BCUT2D eigenvalue weighted by molar-refractivity contribution is -0.128. The third-order valence-electron chi connectivity index (χ3n) is 2.44. The van der Waals surface area contributed by atoms with Crippen LogP contribution in [0, 0.1) is 12.8 Å². The van der Waals surface area contributed by atoms with Gasteiger partial charge in [-0.3, -0.25) is 14.6 Å². The number of carbonyl (C=O) groups excluding carboxylic acids is 2. The van der Waals surface area contributed by atoms with Crippen molar-refractivity contribution in [2.24, 2.45) is 5.92 Å². The number of pyridine rings is 1. The van der Waals surface area contributed by atoms with Gasteiger partial charge >= 0.3 is 0 Å². The summed E-state index contributed by atoms with van der Waals surface area (Å²) < 4.78 is 0. The number of hydrogen-bond acceptors (Lipinski definition) is 3. The van der Waals surface area contributed by atoms with Crippen LogP contribution in [-0.2, 0) is 16.1 Å². The number of amides is 2. The summed E-state index contributed by atoms with van der Waals surface area (Å²) >= 11 is 0. The Kier molecular flexibility index (Phi) is 5.30. The summed E-state index contributed by atoms with van der Waals surface area (Å²) in [6.45, 7) is 9.08. The van der Waals surface area contributed by atoms with Gasteiger partial charge in [0.1, 0.15) is 6.04 Å². The van der Waals surface area contributed by atoms with Crippen molar-refractivity contribution < 1.29 is 9.59 Å². The van der Waals surface area contributed by atoms with Gasteiger partial charge in [-0.05, 0) is 17.5 Å². The van der Waals surface area contributed by atoms with Crippen LogP contribution in [0.5, 0.6) is 0 Å². The van der Waals surface area contributed by atoms with Crippen LogP contribution in [0.4, 0.5) is 0 Å². The van der Waals surface area contributed by atoms with Gasteiger partial charge in [0.25, 0.3) is 0 Å². The van der Waals surface area contributed by atoms with Gasteiger partial charge in [-0.2, -0.15) is 0 Å². The maximum Gasteiger partial charge on any atom is 0.243 e. The summed E-state index contributed by atoms with van der Waals surface area (Å²) in [5, 5.41) is 5.16. The second-order valence-corrected chi connectivity index (χ2v) is 4.31. The first-order valence-corrected chi connectivity index (χ1v) is 5.73.